The molecule has 1 heterocycles. The molecule has 0 saturated heterocycles. The summed E-state index contributed by atoms with van der Waals surface area (Å²) in [6.45, 7) is 1.87. The molecule has 1 N–H and O–H groups in total. The largest absolute Gasteiger partial charge is 0.468 e. The molecule has 5 nitrogen and oxygen atoms in total. The van der Waals surface area contributed by atoms with E-state index in [1.54, 1.807) is 12.1 Å². The van der Waals surface area contributed by atoms with Crippen LogP contribution in [0.15, 0.2) is 41.0 Å². The second-order valence-electron chi connectivity index (χ2n) is 5.79. The monoisotopic (exact) mass is 325 g/mol. The van der Waals surface area contributed by atoms with Gasteiger partial charge in [0.15, 0.2) is 0 Å². The van der Waals surface area contributed by atoms with Gasteiger partial charge in [0.1, 0.15) is 5.84 Å². The second kappa shape index (κ2) is 10.2. The first-order chi connectivity index (χ1) is 11.8. The summed E-state index contributed by atoms with van der Waals surface area (Å²) in [5, 5.41) is 12.2. The van der Waals surface area contributed by atoms with Gasteiger partial charge in [-0.2, -0.15) is 5.26 Å². The average Bonchev–Trinajstić information content (AvgIpc) is 2.64. The first-order valence-corrected chi connectivity index (χ1v) is 8.39. The molecule has 2 rings (SSSR count). The Morgan fingerprint density at radius 3 is 2.58 bits per heavy atom. The number of amidine groups is 1. The van der Waals surface area contributed by atoms with Crippen molar-refractivity contribution in [2.45, 2.75) is 38.5 Å². The molecule has 126 valence electrons. The van der Waals surface area contributed by atoms with Crippen LogP contribution < -0.4 is 5.32 Å². The SMILES string of the molecule is N#Cc1ccc(C2=NC=C(CCCCCCCOC=O)CN2)cc1. The van der Waals surface area contributed by atoms with Crippen molar-refractivity contribution < 1.29 is 9.53 Å². The lowest BCUT2D eigenvalue weighted by molar-refractivity contribution is -0.128. The summed E-state index contributed by atoms with van der Waals surface area (Å²) in [6, 6.07) is 9.55. The van der Waals surface area contributed by atoms with Crippen molar-refractivity contribution in [1.82, 2.24) is 5.32 Å². The van der Waals surface area contributed by atoms with E-state index < -0.39 is 0 Å². The summed E-state index contributed by atoms with van der Waals surface area (Å²) in [7, 11) is 0. The molecule has 1 aromatic rings. The Morgan fingerprint density at radius 1 is 1.17 bits per heavy atom. The first-order valence-electron chi connectivity index (χ1n) is 8.39. The van der Waals surface area contributed by atoms with Crippen molar-refractivity contribution in [3.05, 3.63) is 47.2 Å². The normalized spacial score (nSPS) is 13.3. The summed E-state index contributed by atoms with van der Waals surface area (Å²) in [6.07, 6.45) is 8.58. The highest BCUT2D eigenvalue weighted by Crippen LogP contribution is 2.14. The van der Waals surface area contributed by atoms with Gasteiger partial charge in [-0.25, -0.2) is 4.99 Å². The Labute approximate surface area is 143 Å². The van der Waals surface area contributed by atoms with Gasteiger partial charge in [-0.05, 0) is 49.1 Å². The lowest BCUT2D eigenvalue weighted by Gasteiger charge is -2.16. The van der Waals surface area contributed by atoms with E-state index in [0.29, 0.717) is 18.6 Å². The minimum absolute atomic E-state index is 0.509. The average molecular weight is 325 g/mol. The quantitative estimate of drug-likeness (QED) is 0.529. The maximum Gasteiger partial charge on any atom is 0.293 e. The van der Waals surface area contributed by atoms with Crippen LogP contribution in [0.25, 0.3) is 0 Å². The zero-order chi connectivity index (χ0) is 17.0. The van der Waals surface area contributed by atoms with Crippen molar-refractivity contribution in [3.63, 3.8) is 0 Å². The highest BCUT2D eigenvalue weighted by atomic mass is 16.5. The number of aliphatic imine (C=N–C) groups is 1. The number of carbonyl (C=O) groups excluding carboxylic acids is 1. The molecule has 0 saturated carbocycles. The van der Waals surface area contributed by atoms with Gasteiger partial charge < -0.3 is 10.1 Å². The molecular formula is C19H23N3O2. The molecule has 1 aliphatic rings. The molecule has 24 heavy (non-hydrogen) atoms. The molecule has 0 radical (unpaired) electrons. The molecule has 0 spiro atoms. The van der Waals surface area contributed by atoms with E-state index in [9.17, 15) is 4.79 Å². The van der Waals surface area contributed by atoms with Crippen LogP contribution in [0.4, 0.5) is 0 Å². The van der Waals surface area contributed by atoms with Crippen LogP contribution >= 0.6 is 0 Å². The van der Waals surface area contributed by atoms with E-state index in [4.69, 9.17) is 5.26 Å². The Bertz CT molecular complexity index is 627. The van der Waals surface area contributed by atoms with Gasteiger partial charge in [-0.3, -0.25) is 4.79 Å². The van der Waals surface area contributed by atoms with Crippen molar-refractivity contribution in [2.75, 3.05) is 13.2 Å². The van der Waals surface area contributed by atoms with Gasteiger partial charge in [0.25, 0.3) is 6.47 Å². The van der Waals surface area contributed by atoms with E-state index >= 15 is 0 Å². The van der Waals surface area contributed by atoms with E-state index in [2.05, 4.69) is 21.1 Å². The standard InChI is InChI=1S/C19H23N3O2/c20-12-16-7-9-18(10-8-16)19-21-13-17(14-22-19)6-4-2-1-3-5-11-24-15-23/h7-10,13,15H,1-6,11,14H2,(H,21,22). The Morgan fingerprint density at radius 2 is 1.92 bits per heavy atom. The predicted molar refractivity (Wildman–Crippen MR) is 93.5 cm³/mol. The first kappa shape index (κ1) is 17.7. The number of carbonyl (C=O) groups is 1. The number of ether oxygens (including phenoxy) is 1. The maximum atomic E-state index is 10.00. The number of rotatable bonds is 10. The number of nitrogens with one attached hydrogen (secondary N) is 1. The molecule has 5 heteroatoms. The molecular weight excluding hydrogens is 302 g/mol. The topological polar surface area (TPSA) is 74.5 Å². The van der Waals surface area contributed by atoms with Gasteiger partial charge in [-0.1, -0.05) is 19.3 Å². The lowest BCUT2D eigenvalue weighted by Crippen LogP contribution is -2.29. The number of unbranched alkanes of at least 4 members (excludes halogenated alkanes) is 4. The van der Waals surface area contributed by atoms with Gasteiger partial charge in [0, 0.05) is 18.3 Å². The number of hydrogen-bond donors (Lipinski definition) is 1. The fraction of sp³-hybridized carbons (Fsp3) is 0.421. The summed E-state index contributed by atoms with van der Waals surface area (Å²) < 4.78 is 4.67. The molecule has 0 bridgehead atoms. The van der Waals surface area contributed by atoms with Crippen LogP contribution in [0.3, 0.4) is 0 Å². The van der Waals surface area contributed by atoms with Gasteiger partial charge >= 0.3 is 0 Å². The van der Waals surface area contributed by atoms with E-state index in [1.165, 1.54) is 18.4 Å². The molecule has 0 fully saturated rings. The van der Waals surface area contributed by atoms with Gasteiger partial charge in [-0.15, -0.1) is 0 Å². The van der Waals surface area contributed by atoms with Crippen LogP contribution in [0.2, 0.25) is 0 Å². The van der Waals surface area contributed by atoms with Crippen molar-refractivity contribution in [2.24, 2.45) is 4.99 Å². The maximum absolute atomic E-state index is 10.00. The third-order valence-electron chi connectivity index (χ3n) is 3.97. The number of nitrogens with zero attached hydrogens (tertiary/aromatic N) is 2. The van der Waals surface area contributed by atoms with Crippen molar-refractivity contribution in [3.8, 4) is 6.07 Å². The molecule has 0 unspecified atom stereocenters. The van der Waals surface area contributed by atoms with E-state index in [1.807, 2.05) is 18.3 Å². The fourth-order valence-electron chi connectivity index (χ4n) is 2.59. The number of benzene rings is 1. The van der Waals surface area contributed by atoms with E-state index in [-0.39, 0.29) is 0 Å². The number of hydrogen-bond acceptors (Lipinski definition) is 5. The van der Waals surface area contributed by atoms with Crippen LogP contribution in [0.5, 0.6) is 0 Å². The summed E-state index contributed by atoms with van der Waals surface area (Å²) in [4.78, 5) is 14.5. The Balaban J connectivity index is 1.69. The molecule has 1 aromatic carbocycles. The Hall–Kier alpha value is -2.61. The molecule has 0 aliphatic carbocycles. The predicted octanol–water partition coefficient (Wildman–Crippen LogP) is 3.31. The second-order valence-corrected chi connectivity index (χ2v) is 5.79. The fourth-order valence-corrected chi connectivity index (χ4v) is 2.59. The molecule has 0 atom stereocenters. The lowest BCUT2D eigenvalue weighted by atomic mass is 10.0. The van der Waals surface area contributed by atoms with Gasteiger partial charge in [0.05, 0.1) is 18.2 Å². The minimum atomic E-state index is 0.509. The highest BCUT2D eigenvalue weighted by molar-refractivity contribution is 5.99. The molecule has 0 aromatic heterocycles. The summed E-state index contributed by atoms with van der Waals surface area (Å²) in [5.41, 5.74) is 2.97. The summed E-state index contributed by atoms with van der Waals surface area (Å²) in [5.74, 6) is 0.860. The zero-order valence-corrected chi connectivity index (χ0v) is 13.8. The summed E-state index contributed by atoms with van der Waals surface area (Å²) >= 11 is 0. The minimum Gasteiger partial charge on any atom is -0.468 e. The van der Waals surface area contributed by atoms with Crippen molar-refractivity contribution in [1.29, 1.82) is 5.26 Å². The zero-order valence-electron chi connectivity index (χ0n) is 13.8. The van der Waals surface area contributed by atoms with Crippen molar-refractivity contribution >= 4 is 12.3 Å². The highest BCUT2D eigenvalue weighted by Gasteiger charge is 2.09. The van der Waals surface area contributed by atoms with Crippen LogP contribution in [-0.2, 0) is 9.53 Å². The van der Waals surface area contributed by atoms with Crippen LogP contribution in [0.1, 0.15) is 49.7 Å². The van der Waals surface area contributed by atoms with Gasteiger partial charge in [0.2, 0.25) is 0 Å². The van der Waals surface area contributed by atoms with Crippen LogP contribution in [-0.4, -0.2) is 25.5 Å². The third-order valence-corrected chi connectivity index (χ3v) is 3.97. The smallest absolute Gasteiger partial charge is 0.293 e. The third kappa shape index (κ3) is 5.88. The van der Waals surface area contributed by atoms with E-state index in [0.717, 1.165) is 43.6 Å². The molecule has 0 amide bonds. The molecule has 1 aliphatic heterocycles. The Kier molecular flexibility index (Phi) is 7.55. The number of nitriles is 1. The van der Waals surface area contributed by atoms with Crippen LogP contribution in [0, 0.1) is 11.3 Å².